The summed E-state index contributed by atoms with van der Waals surface area (Å²) in [5.41, 5.74) is 0.672. The molecule has 2 rings (SSSR count). The molecule has 0 unspecified atom stereocenters. The van der Waals surface area contributed by atoms with Crippen molar-refractivity contribution in [3.05, 3.63) is 55.0 Å². The molecule has 2 aromatic rings. The molecule has 0 spiro atoms. The van der Waals surface area contributed by atoms with Gasteiger partial charge in [0.25, 0.3) is 11.6 Å². The van der Waals surface area contributed by atoms with E-state index in [9.17, 15) is 14.9 Å². The van der Waals surface area contributed by atoms with E-state index in [4.69, 9.17) is 11.6 Å². The molecular weight excluding hydrogens is 302 g/mol. The Labute approximate surface area is 123 Å². The Balaban J connectivity index is 2.13. The van der Waals surface area contributed by atoms with Gasteiger partial charge in [0.1, 0.15) is 10.0 Å². The van der Waals surface area contributed by atoms with Gasteiger partial charge in [-0.15, -0.1) is 11.3 Å². The van der Waals surface area contributed by atoms with Gasteiger partial charge < -0.3 is 5.32 Å². The van der Waals surface area contributed by atoms with Gasteiger partial charge in [-0.2, -0.15) is 0 Å². The maximum absolute atomic E-state index is 12.0. The number of halogens is 1. The van der Waals surface area contributed by atoms with Gasteiger partial charge in [0.2, 0.25) is 0 Å². The summed E-state index contributed by atoms with van der Waals surface area (Å²) in [6.07, 6.45) is 0. The lowest BCUT2D eigenvalue weighted by atomic mass is 10.2. The van der Waals surface area contributed by atoms with E-state index in [2.05, 4.69) is 10.3 Å². The summed E-state index contributed by atoms with van der Waals surface area (Å²) in [7, 11) is 0. The molecule has 0 bridgehead atoms. The van der Waals surface area contributed by atoms with Crippen LogP contribution in [0.4, 0.5) is 5.69 Å². The average Bonchev–Trinajstić information content (AvgIpc) is 2.81. The quantitative estimate of drug-likeness (QED) is 0.695. The van der Waals surface area contributed by atoms with Crippen molar-refractivity contribution in [2.75, 3.05) is 0 Å². The zero-order valence-electron chi connectivity index (χ0n) is 10.4. The normalized spacial score (nSPS) is 10.3. The Kier molecular flexibility index (Phi) is 4.31. The predicted molar refractivity (Wildman–Crippen MR) is 76.1 cm³/mol. The average molecular weight is 312 g/mol. The number of hydrogen-bond acceptors (Lipinski definition) is 5. The van der Waals surface area contributed by atoms with Crippen LogP contribution in [0.2, 0.25) is 5.02 Å². The van der Waals surface area contributed by atoms with E-state index in [-0.39, 0.29) is 22.8 Å². The van der Waals surface area contributed by atoms with Crippen molar-refractivity contribution in [1.29, 1.82) is 0 Å². The van der Waals surface area contributed by atoms with Gasteiger partial charge in [-0.05, 0) is 13.0 Å². The highest BCUT2D eigenvalue weighted by atomic mass is 35.5. The Morgan fingerprint density at radius 2 is 2.30 bits per heavy atom. The first kappa shape index (κ1) is 14.4. The molecule has 0 aliphatic rings. The molecule has 0 saturated carbocycles. The number of benzene rings is 1. The van der Waals surface area contributed by atoms with Gasteiger partial charge in [-0.25, -0.2) is 4.98 Å². The van der Waals surface area contributed by atoms with Crippen LogP contribution in [0, 0.1) is 17.0 Å². The fraction of sp³-hybridized carbons (Fsp3) is 0.167. The van der Waals surface area contributed by atoms with Gasteiger partial charge in [-0.1, -0.05) is 17.7 Å². The van der Waals surface area contributed by atoms with Crippen molar-refractivity contribution in [2.24, 2.45) is 0 Å². The lowest BCUT2D eigenvalue weighted by Gasteiger charge is -2.05. The fourth-order valence-corrected chi connectivity index (χ4v) is 2.56. The van der Waals surface area contributed by atoms with Gasteiger partial charge in [0.15, 0.2) is 0 Å². The van der Waals surface area contributed by atoms with Crippen molar-refractivity contribution in [1.82, 2.24) is 10.3 Å². The van der Waals surface area contributed by atoms with Crippen LogP contribution in [-0.2, 0) is 6.54 Å². The first-order chi connectivity index (χ1) is 9.49. The van der Waals surface area contributed by atoms with Crippen LogP contribution in [0.25, 0.3) is 0 Å². The Morgan fingerprint density at radius 3 is 2.90 bits per heavy atom. The summed E-state index contributed by atoms with van der Waals surface area (Å²) in [5, 5.41) is 15.9. The summed E-state index contributed by atoms with van der Waals surface area (Å²) in [4.78, 5) is 26.3. The third-order valence-corrected chi connectivity index (χ3v) is 3.85. The zero-order valence-corrected chi connectivity index (χ0v) is 12.0. The monoisotopic (exact) mass is 311 g/mol. The number of nitro benzene ring substituents is 1. The van der Waals surface area contributed by atoms with Crippen molar-refractivity contribution >= 4 is 34.5 Å². The number of aromatic nitrogens is 1. The molecule has 1 amide bonds. The number of nitro groups is 1. The number of rotatable bonds is 4. The highest BCUT2D eigenvalue weighted by molar-refractivity contribution is 7.09. The van der Waals surface area contributed by atoms with E-state index in [1.165, 1.54) is 29.5 Å². The molecule has 1 heterocycles. The van der Waals surface area contributed by atoms with Crippen LogP contribution in [0.5, 0.6) is 0 Å². The summed E-state index contributed by atoms with van der Waals surface area (Å²) in [5.74, 6) is -0.466. The van der Waals surface area contributed by atoms with Crippen molar-refractivity contribution in [2.45, 2.75) is 13.5 Å². The number of nitrogens with zero attached hydrogens (tertiary/aromatic N) is 2. The number of carbonyl (C=O) groups is 1. The third-order valence-electron chi connectivity index (χ3n) is 2.49. The number of nitrogens with one attached hydrogen (secondary N) is 1. The van der Waals surface area contributed by atoms with Crippen LogP contribution >= 0.6 is 22.9 Å². The molecule has 0 aliphatic heterocycles. The Bertz CT molecular complexity index is 672. The molecule has 104 valence electrons. The Hall–Kier alpha value is -1.99. The lowest BCUT2D eigenvalue weighted by Crippen LogP contribution is -2.23. The van der Waals surface area contributed by atoms with E-state index < -0.39 is 10.8 Å². The molecule has 0 atom stereocenters. The molecule has 0 radical (unpaired) electrons. The molecule has 20 heavy (non-hydrogen) atoms. The predicted octanol–water partition coefficient (Wildman–Crippen LogP) is 2.94. The SMILES string of the molecule is Cc1csc(CNC(=O)c2cccc([N+](=O)[O-])c2Cl)n1. The lowest BCUT2D eigenvalue weighted by molar-refractivity contribution is -0.384. The summed E-state index contributed by atoms with van der Waals surface area (Å²) < 4.78 is 0. The maximum atomic E-state index is 12.0. The smallest absolute Gasteiger partial charge is 0.288 e. The Morgan fingerprint density at radius 1 is 1.55 bits per heavy atom. The fourth-order valence-electron chi connectivity index (χ4n) is 1.57. The number of hydrogen-bond donors (Lipinski definition) is 1. The maximum Gasteiger partial charge on any atom is 0.288 e. The largest absolute Gasteiger partial charge is 0.345 e. The first-order valence-corrected chi connectivity index (χ1v) is 6.87. The topological polar surface area (TPSA) is 85.1 Å². The van der Waals surface area contributed by atoms with Crippen LogP contribution in [0.3, 0.4) is 0 Å². The first-order valence-electron chi connectivity index (χ1n) is 5.61. The van der Waals surface area contributed by atoms with Crippen LogP contribution < -0.4 is 5.32 Å². The standard InChI is InChI=1S/C12H10ClN3O3S/c1-7-6-20-10(15-7)5-14-12(17)8-3-2-4-9(11(8)13)16(18)19/h2-4,6H,5H2,1H3,(H,14,17). The number of aryl methyl sites for hydroxylation is 1. The third kappa shape index (κ3) is 3.12. The van der Waals surface area contributed by atoms with Crippen LogP contribution in [0.1, 0.15) is 21.1 Å². The highest BCUT2D eigenvalue weighted by Gasteiger charge is 2.19. The summed E-state index contributed by atoms with van der Waals surface area (Å²) in [6.45, 7) is 2.12. The van der Waals surface area contributed by atoms with E-state index in [1.807, 2.05) is 12.3 Å². The zero-order chi connectivity index (χ0) is 14.7. The van der Waals surface area contributed by atoms with Crippen molar-refractivity contribution in [3.63, 3.8) is 0 Å². The second-order valence-electron chi connectivity index (χ2n) is 3.96. The van der Waals surface area contributed by atoms with Crippen molar-refractivity contribution < 1.29 is 9.72 Å². The van der Waals surface area contributed by atoms with Crippen LogP contribution in [-0.4, -0.2) is 15.8 Å². The molecule has 1 aromatic heterocycles. The molecular formula is C12H10ClN3O3S. The molecule has 6 nitrogen and oxygen atoms in total. The summed E-state index contributed by atoms with van der Waals surface area (Å²) in [6, 6.07) is 4.12. The second kappa shape index (κ2) is 5.98. The van der Waals surface area contributed by atoms with Gasteiger partial charge >= 0.3 is 0 Å². The van der Waals surface area contributed by atoms with Gasteiger partial charge in [-0.3, -0.25) is 14.9 Å². The van der Waals surface area contributed by atoms with Crippen LogP contribution in [0.15, 0.2) is 23.6 Å². The van der Waals surface area contributed by atoms with Gasteiger partial charge in [0, 0.05) is 17.1 Å². The molecule has 0 aliphatic carbocycles. The minimum absolute atomic E-state index is 0.0779. The molecule has 1 aromatic carbocycles. The number of carbonyl (C=O) groups excluding carboxylic acids is 1. The summed E-state index contributed by atoms with van der Waals surface area (Å²) >= 11 is 7.30. The van der Waals surface area contributed by atoms with E-state index in [0.717, 1.165) is 10.7 Å². The molecule has 1 N–H and O–H groups in total. The highest BCUT2D eigenvalue weighted by Crippen LogP contribution is 2.27. The number of thiazole rings is 1. The minimum atomic E-state index is -0.622. The van der Waals surface area contributed by atoms with E-state index in [0.29, 0.717) is 0 Å². The molecule has 8 heteroatoms. The van der Waals surface area contributed by atoms with E-state index in [1.54, 1.807) is 0 Å². The second-order valence-corrected chi connectivity index (χ2v) is 5.28. The minimum Gasteiger partial charge on any atom is -0.345 e. The van der Waals surface area contributed by atoms with Gasteiger partial charge in [0.05, 0.1) is 17.0 Å². The molecule has 0 fully saturated rings. The van der Waals surface area contributed by atoms with E-state index >= 15 is 0 Å². The molecule has 0 saturated heterocycles. The number of amides is 1. The van der Waals surface area contributed by atoms with Crippen molar-refractivity contribution in [3.8, 4) is 0 Å².